The lowest BCUT2D eigenvalue weighted by molar-refractivity contribution is -0.158. The molecule has 3 rings (SSSR count). The molecule has 0 atom stereocenters. The van der Waals surface area contributed by atoms with E-state index in [1.165, 1.54) is 13.2 Å². The van der Waals surface area contributed by atoms with Crippen LogP contribution in [0.25, 0.3) is 11.4 Å². The van der Waals surface area contributed by atoms with Gasteiger partial charge >= 0.3 is 12.1 Å². The van der Waals surface area contributed by atoms with Gasteiger partial charge < -0.3 is 18.8 Å². The molecule has 1 aliphatic rings. The average Bonchev–Trinajstić information content (AvgIpc) is 3.07. The number of aromatic nitrogens is 2. The van der Waals surface area contributed by atoms with E-state index in [1.54, 1.807) is 43.5 Å². The predicted molar refractivity (Wildman–Crippen MR) is 113 cm³/mol. The van der Waals surface area contributed by atoms with Crippen molar-refractivity contribution in [2.75, 3.05) is 26.8 Å². The second kappa shape index (κ2) is 9.30. The van der Waals surface area contributed by atoms with Crippen molar-refractivity contribution in [2.24, 2.45) is 0 Å². The number of hydrogen-bond acceptors (Lipinski definition) is 7. The highest BCUT2D eigenvalue weighted by molar-refractivity contribution is 5.95. The van der Waals surface area contributed by atoms with Crippen LogP contribution in [0.5, 0.6) is 11.5 Å². The molecule has 0 amide bonds. The second-order valence-electron chi connectivity index (χ2n) is 7.76. The molecular weight excluding hydrogens is 443 g/mol. The van der Waals surface area contributed by atoms with Gasteiger partial charge in [0, 0.05) is 19.3 Å². The first kappa shape index (κ1) is 24.4. The molecule has 33 heavy (non-hydrogen) atoms. The minimum Gasteiger partial charge on any atom is -0.491 e. The van der Waals surface area contributed by atoms with Crippen LogP contribution in [0.4, 0.5) is 13.2 Å². The number of fused-ring (bicyclic) bond motifs is 3. The first-order valence-electron chi connectivity index (χ1n) is 10.3. The van der Waals surface area contributed by atoms with Crippen molar-refractivity contribution in [2.45, 2.75) is 39.1 Å². The molecule has 2 heterocycles. The molecule has 12 heteroatoms. The molecule has 1 aliphatic heterocycles. The number of benzene rings is 1. The van der Waals surface area contributed by atoms with Gasteiger partial charge in [-0.15, -0.1) is 0 Å². The van der Waals surface area contributed by atoms with Crippen LogP contribution in [0.1, 0.15) is 26.5 Å². The maximum absolute atomic E-state index is 12.8. The van der Waals surface area contributed by atoms with Gasteiger partial charge in [0.1, 0.15) is 36.2 Å². The number of carbonyl (C=O) groups excluding carboxylic acids is 1. The lowest BCUT2D eigenvalue weighted by Crippen LogP contribution is -2.46. The van der Waals surface area contributed by atoms with Crippen LogP contribution in [0.2, 0.25) is 0 Å². The summed E-state index contributed by atoms with van der Waals surface area (Å²) in [6, 6.07) is 4.95. The molecule has 0 unspecified atom stereocenters. The Morgan fingerprint density at radius 1 is 1.36 bits per heavy atom. The zero-order valence-corrected chi connectivity index (χ0v) is 18.7. The van der Waals surface area contributed by atoms with E-state index in [1.807, 2.05) is 0 Å². The number of hydrogen-bond donors (Lipinski definition) is 2. The number of esters is 1. The summed E-state index contributed by atoms with van der Waals surface area (Å²) in [6.07, 6.45) is -2.97. The van der Waals surface area contributed by atoms with E-state index in [0.29, 0.717) is 34.4 Å². The third kappa shape index (κ3) is 5.56. The van der Waals surface area contributed by atoms with E-state index < -0.39 is 30.1 Å². The number of imidazole rings is 1. The number of halogens is 3. The fourth-order valence-corrected chi connectivity index (χ4v) is 3.27. The minimum atomic E-state index is -4.49. The first-order valence-corrected chi connectivity index (χ1v) is 10.3. The minimum absolute atomic E-state index is 0.0835. The Kier molecular flexibility index (Phi) is 6.86. The third-order valence-corrected chi connectivity index (χ3v) is 4.82. The highest BCUT2D eigenvalue weighted by Gasteiger charge is 2.34. The molecule has 2 N–H and O–H groups in total. The van der Waals surface area contributed by atoms with E-state index in [2.05, 4.69) is 10.4 Å². The molecule has 0 saturated carbocycles. The Labute approximate surface area is 188 Å². The highest BCUT2D eigenvalue weighted by atomic mass is 19.4. The monoisotopic (exact) mass is 469 g/mol. The molecule has 0 aliphatic carbocycles. The van der Waals surface area contributed by atoms with Crippen molar-refractivity contribution < 1.29 is 32.2 Å². The Bertz CT molecular complexity index is 1040. The summed E-state index contributed by atoms with van der Waals surface area (Å²) >= 11 is 0. The molecule has 2 aromatic rings. The highest BCUT2D eigenvalue weighted by Crippen LogP contribution is 2.36. The molecular formula is C21H26F3N5O4. The quantitative estimate of drug-likeness (QED) is 0.278. The van der Waals surface area contributed by atoms with E-state index in [4.69, 9.17) is 19.6 Å². The van der Waals surface area contributed by atoms with Crippen LogP contribution < -0.4 is 14.9 Å². The van der Waals surface area contributed by atoms with Gasteiger partial charge in [-0.05, 0) is 32.9 Å². The van der Waals surface area contributed by atoms with Crippen molar-refractivity contribution in [1.82, 2.24) is 20.0 Å². The molecule has 180 valence electrons. The number of hydrazine groups is 1. The summed E-state index contributed by atoms with van der Waals surface area (Å²) in [6.45, 7) is 4.44. The van der Waals surface area contributed by atoms with Crippen LogP contribution in [0, 0.1) is 5.41 Å². The van der Waals surface area contributed by atoms with Gasteiger partial charge in [-0.1, -0.05) is 0 Å². The zero-order valence-electron chi connectivity index (χ0n) is 18.7. The van der Waals surface area contributed by atoms with Gasteiger partial charge in [0.15, 0.2) is 11.4 Å². The number of carbonyl (C=O) groups is 1. The Morgan fingerprint density at radius 2 is 2.09 bits per heavy atom. The van der Waals surface area contributed by atoms with Crippen LogP contribution in [0.3, 0.4) is 0 Å². The van der Waals surface area contributed by atoms with Crippen LogP contribution in [0.15, 0.2) is 24.4 Å². The molecule has 1 aromatic heterocycles. The number of nitrogens with zero attached hydrogens (tertiary/aromatic N) is 3. The molecule has 0 spiro atoms. The summed E-state index contributed by atoms with van der Waals surface area (Å²) < 4.78 is 56.9. The normalized spacial score (nSPS) is 13.3. The standard InChI is InChI=1S/C21H26F3N5O4/c1-5-31-19(30)20(2,3)33-13-6-7-14-16(10-13)32-9-8-28-11-15(27-18(14)28)17(25)29(26-4)12-21(22,23)24/h6-7,10-11,25-26H,5,8-9,12H2,1-4H3. The maximum Gasteiger partial charge on any atom is 0.407 e. The summed E-state index contributed by atoms with van der Waals surface area (Å²) in [5.74, 6) is 0.352. The topological polar surface area (TPSA) is 102 Å². The second-order valence-corrected chi connectivity index (χ2v) is 7.76. The largest absolute Gasteiger partial charge is 0.491 e. The van der Waals surface area contributed by atoms with Gasteiger partial charge in [-0.2, -0.15) is 13.2 Å². The van der Waals surface area contributed by atoms with E-state index >= 15 is 0 Å². The van der Waals surface area contributed by atoms with Crippen molar-refractivity contribution in [1.29, 1.82) is 5.41 Å². The Morgan fingerprint density at radius 3 is 2.73 bits per heavy atom. The summed E-state index contributed by atoms with van der Waals surface area (Å²) in [5.41, 5.74) is 1.83. The fourth-order valence-electron chi connectivity index (χ4n) is 3.27. The lowest BCUT2D eigenvalue weighted by Gasteiger charge is -2.24. The van der Waals surface area contributed by atoms with Crippen molar-refractivity contribution >= 4 is 11.8 Å². The third-order valence-electron chi connectivity index (χ3n) is 4.82. The summed E-state index contributed by atoms with van der Waals surface area (Å²) in [4.78, 5) is 16.5. The molecule has 0 fully saturated rings. The Balaban J connectivity index is 1.89. The van der Waals surface area contributed by atoms with Crippen LogP contribution in [-0.2, 0) is 16.1 Å². The summed E-state index contributed by atoms with van der Waals surface area (Å²) in [7, 11) is 1.31. The average molecular weight is 469 g/mol. The molecule has 0 bridgehead atoms. The first-order chi connectivity index (χ1) is 15.4. The SMILES string of the molecule is CCOC(=O)C(C)(C)Oc1ccc2c(c1)OCCn1cc(C(=N)N(CC(F)(F)F)NC)nc1-2. The molecule has 9 nitrogen and oxygen atoms in total. The van der Waals surface area contributed by atoms with E-state index in [-0.39, 0.29) is 18.9 Å². The zero-order chi connectivity index (χ0) is 24.4. The lowest BCUT2D eigenvalue weighted by atomic mass is 10.1. The fraction of sp³-hybridized carbons (Fsp3) is 0.476. The Hall–Kier alpha value is -3.28. The maximum atomic E-state index is 12.8. The summed E-state index contributed by atoms with van der Waals surface area (Å²) in [5, 5.41) is 8.86. The molecule has 0 saturated heterocycles. The van der Waals surface area contributed by atoms with Gasteiger partial charge in [-0.25, -0.2) is 15.2 Å². The number of amidine groups is 1. The van der Waals surface area contributed by atoms with Crippen LogP contribution in [-0.4, -0.2) is 64.9 Å². The van der Waals surface area contributed by atoms with Crippen molar-refractivity contribution in [3.63, 3.8) is 0 Å². The van der Waals surface area contributed by atoms with Crippen molar-refractivity contribution in [3.8, 4) is 22.9 Å². The van der Waals surface area contributed by atoms with Crippen molar-refractivity contribution in [3.05, 3.63) is 30.1 Å². The van der Waals surface area contributed by atoms with Gasteiger partial charge in [-0.3, -0.25) is 10.4 Å². The number of alkyl halides is 3. The molecule has 1 aromatic carbocycles. The van der Waals surface area contributed by atoms with Gasteiger partial charge in [0.05, 0.1) is 18.7 Å². The van der Waals surface area contributed by atoms with Gasteiger partial charge in [0.2, 0.25) is 0 Å². The van der Waals surface area contributed by atoms with E-state index in [0.717, 1.165) is 0 Å². The molecule has 0 radical (unpaired) electrons. The van der Waals surface area contributed by atoms with Gasteiger partial charge in [0.25, 0.3) is 0 Å². The number of rotatable bonds is 7. The number of nitrogens with one attached hydrogen (secondary N) is 2. The predicted octanol–water partition coefficient (Wildman–Crippen LogP) is 2.99. The number of ether oxygens (including phenoxy) is 3. The smallest absolute Gasteiger partial charge is 0.407 e. The van der Waals surface area contributed by atoms with E-state index in [9.17, 15) is 18.0 Å². The van der Waals surface area contributed by atoms with Crippen LogP contribution >= 0.6 is 0 Å².